The number of thiophene rings is 1. The van der Waals surface area contributed by atoms with Crippen LogP contribution in [0.3, 0.4) is 0 Å². The predicted octanol–water partition coefficient (Wildman–Crippen LogP) is 4.80. The Labute approximate surface area is 194 Å². The molecular weight excluding hydrogens is 458 g/mol. The first kappa shape index (κ1) is 22.1. The van der Waals surface area contributed by atoms with Crippen LogP contribution in [-0.2, 0) is 4.74 Å². The Bertz CT molecular complexity index is 948. The van der Waals surface area contributed by atoms with Crippen LogP contribution in [0.15, 0.2) is 30.3 Å². The zero-order valence-corrected chi connectivity index (χ0v) is 19.5. The summed E-state index contributed by atoms with van der Waals surface area (Å²) in [6.45, 7) is 3.97. The summed E-state index contributed by atoms with van der Waals surface area (Å²) in [5.74, 6) is 1.53. The van der Waals surface area contributed by atoms with Gasteiger partial charge in [-0.1, -0.05) is 11.6 Å². The van der Waals surface area contributed by atoms with Crippen molar-refractivity contribution >= 4 is 58.3 Å². The third-order valence-corrected chi connectivity index (χ3v) is 7.39. The number of hydrogen-bond acceptors (Lipinski definition) is 7. The van der Waals surface area contributed by atoms with Crippen LogP contribution in [-0.4, -0.2) is 50.1 Å². The highest BCUT2D eigenvalue weighted by Crippen LogP contribution is 2.37. The molecule has 0 radical (unpaired) electrons. The van der Waals surface area contributed by atoms with Crippen molar-refractivity contribution in [2.75, 3.05) is 41.2 Å². The molecular formula is C21H24ClN3O4S2. The quantitative estimate of drug-likeness (QED) is 0.572. The minimum absolute atomic E-state index is 0.225. The molecule has 3 heterocycles. The number of carbonyl (C=O) groups is 2. The number of benzene rings is 1. The standard InChI is InChI=1S/C21H24ClN3O4S2/c1-2-28-17-11-14(25-9-3-4-10-30-25)5-6-16(17)24-13-15(29-21(24)27)12-23-20(26)18-7-8-19(22)31-18/h5-8,11,15H,2-4,9-10,12-13H2,1H3,(H,23,26). The van der Waals surface area contributed by atoms with E-state index in [1.165, 1.54) is 24.2 Å². The van der Waals surface area contributed by atoms with Crippen LogP contribution in [0.25, 0.3) is 0 Å². The number of halogens is 1. The van der Waals surface area contributed by atoms with Gasteiger partial charge < -0.3 is 19.1 Å². The van der Waals surface area contributed by atoms with Crippen LogP contribution < -0.4 is 19.3 Å². The molecule has 1 aromatic heterocycles. The minimum Gasteiger partial charge on any atom is -0.492 e. The molecule has 1 N–H and O–H groups in total. The van der Waals surface area contributed by atoms with Crippen molar-refractivity contribution in [3.05, 3.63) is 39.5 Å². The largest absolute Gasteiger partial charge is 0.492 e. The maximum Gasteiger partial charge on any atom is 0.414 e. The number of rotatable bonds is 7. The van der Waals surface area contributed by atoms with Crippen LogP contribution in [0.5, 0.6) is 5.75 Å². The summed E-state index contributed by atoms with van der Waals surface area (Å²) in [6, 6.07) is 9.26. The molecule has 7 nitrogen and oxygen atoms in total. The van der Waals surface area contributed by atoms with E-state index >= 15 is 0 Å². The average Bonchev–Trinajstić information content (AvgIpc) is 3.38. The Morgan fingerprint density at radius 1 is 1.32 bits per heavy atom. The number of ether oxygens (including phenoxy) is 2. The van der Waals surface area contributed by atoms with Gasteiger partial charge >= 0.3 is 6.09 Å². The van der Waals surface area contributed by atoms with Crippen LogP contribution >= 0.6 is 34.9 Å². The van der Waals surface area contributed by atoms with Gasteiger partial charge in [-0.25, -0.2) is 4.79 Å². The molecule has 0 saturated carbocycles. The molecule has 4 rings (SSSR count). The lowest BCUT2D eigenvalue weighted by atomic mass is 10.2. The van der Waals surface area contributed by atoms with Gasteiger partial charge in [-0.3, -0.25) is 9.69 Å². The van der Waals surface area contributed by atoms with Crippen molar-refractivity contribution in [1.29, 1.82) is 0 Å². The zero-order chi connectivity index (χ0) is 21.8. The molecule has 0 spiro atoms. The third kappa shape index (κ3) is 5.22. The topological polar surface area (TPSA) is 71.1 Å². The summed E-state index contributed by atoms with van der Waals surface area (Å²) in [5, 5.41) is 2.81. The summed E-state index contributed by atoms with van der Waals surface area (Å²) < 4.78 is 14.2. The van der Waals surface area contributed by atoms with Crippen molar-refractivity contribution < 1.29 is 19.1 Å². The highest BCUT2D eigenvalue weighted by molar-refractivity contribution is 8.00. The van der Waals surface area contributed by atoms with Gasteiger partial charge in [-0.2, -0.15) is 0 Å². The summed E-state index contributed by atoms with van der Waals surface area (Å²) in [7, 11) is 0. The normalized spacial score (nSPS) is 18.8. The molecule has 10 heteroatoms. The fourth-order valence-corrected chi connectivity index (χ4v) is 5.54. The lowest BCUT2D eigenvalue weighted by Gasteiger charge is -2.28. The molecule has 2 amide bonds. The molecule has 2 aliphatic rings. The van der Waals surface area contributed by atoms with E-state index in [4.69, 9.17) is 21.1 Å². The van der Waals surface area contributed by atoms with E-state index in [1.54, 1.807) is 17.0 Å². The van der Waals surface area contributed by atoms with E-state index in [1.807, 2.05) is 37.1 Å². The summed E-state index contributed by atoms with van der Waals surface area (Å²) in [5.41, 5.74) is 1.75. The molecule has 2 aliphatic heterocycles. The fraction of sp³-hybridized carbons (Fsp3) is 0.429. The summed E-state index contributed by atoms with van der Waals surface area (Å²) in [4.78, 5) is 26.9. The maximum absolute atomic E-state index is 12.6. The van der Waals surface area contributed by atoms with E-state index in [0.717, 1.165) is 18.0 Å². The number of nitrogens with zero attached hydrogens (tertiary/aromatic N) is 2. The monoisotopic (exact) mass is 481 g/mol. The van der Waals surface area contributed by atoms with Gasteiger partial charge in [0, 0.05) is 18.4 Å². The molecule has 31 heavy (non-hydrogen) atoms. The number of nitrogens with one attached hydrogen (secondary N) is 1. The first-order valence-electron chi connectivity index (χ1n) is 10.2. The zero-order valence-electron chi connectivity index (χ0n) is 17.1. The fourth-order valence-electron chi connectivity index (χ4n) is 3.51. The minimum atomic E-state index is -0.446. The van der Waals surface area contributed by atoms with Gasteiger partial charge in [-0.05, 0) is 56.0 Å². The second kappa shape index (κ2) is 10.0. The van der Waals surface area contributed by atoms with Crippen LogP contribution in [0.4, 0.5) is 16.2 Å². The second-order valence-electron chi connectivity index (χ2n) is 7.16. The highest BCUT2D eigenvalue weighted by atomic mass is 35.5. The number of carbonyl (C=O) groups excluding carboxylic acids is 2. The molecule has 2 saturated heterocycles. The van der Waals surface area contributed by atoms with Gasteiger partial charge in [-0.15, -0.1) is 11.3 Å². The van der Waals surface area contributed by atoms with Crippen molar-refractivity contribution in [3.63, 3.8) is 0 Å². The second-order valence-corrected chi connectivity index (χ2v) is 9.98. The number of anilines is 2. The van der Waals surface area contributed by atoms with E-state index in [0.29, 0.717) is 33.8 Å². The van der Waals surface area contributed by atoms with Gasteiger partial charge in [0.25, 0.3) is 5.91 Å². The van der Waals surface area contributed by atoms with E-state index in [2.05, 4.69) is 9.62 Å². The Morgan fingerprint density at radius 2 is 2.19 bits per heavy atom. The summed E-state index contributed by atoms with van der Waals surface area (Å²) in [6.07, 6.45) is 1.51. The smallest absolute Gasteiger partial charge is 0.414 e. The Hall–Kier alpha value is -2.10. The SMILES string of the molecule is CCOc1cc(N2CCCCS2)ccc1N1CC(CNC(=O)c2ccc(Cl)s2)OC1=O. The van der Waals surface area contributed by atoms with Crippen molar-refractivity contribution in [2.45, 2.75) is 25.9 Å². The van der Waals surface area contributed by atoms with E-state index in [-0.39, 0.29) is 12.5 Å². The molecule has 1 atom stereocenters. The maximum atomic E-state index is 12.6. The Kier molecular flexibility index (Phi) is 7.14. The Balaban J connectivity index is 1.43. The van der Waals surface area contributed by atoms with Gasteiger partial charge in [0.2, 0.25) is 0 Å². The summed E-state index contributed by atoms with van der Waals surface area (Å²) >= 11 is 8.91. The molecule has 1 aromatic carbocycles. The van der Waals surface area contributed by atoms with Crippen molar-refractivity contribution in [1.82, 2.24) is 5.32 Å². The lowest BCUT2D eigenvalue weighted by Crippen LogP contribution is -2.34. The third-order valence-electron chi connectivity index (χ3n) is 4.99. The predicted molar refractivity (Wildman–Crippen MR) is 126 cm³/mol. The number of hydrogen-bond donors (Lipinski definition) is 1. The number of cyclic esters (lactones) is 1. The molecule has 0 bridgehead atoms. The molecule has 166 valence electrons. The van der Waals surface area contributed by atoms with Gasteiger partial charge in [0.1, 0.15) is 11.9 Å². The van der Waals surface area contributed by atoms with Crippen LogP contribution in [0.1, 0.15) is 29.4 Å². The first-order valence-corrected chi connectivity index (χ1v) is 12.4. The first-order chi connectivity index (χ1) is 15.0. The van der Waals surface area contributed by atoms with Crippen LogP contribution in [0.2, 0.25) is 4.34 Å². The van der Waals surface area contributed by atoms with Crippen molar-refractivity contribution in [2.24, 2.45) is 0 Å². The van der Waals surface area contributed by atoms with E-state index < -0.39 is 12.2 Å². The Morgan fingerprint density at radius 3 is 2.90 bits per heavy atom. The highest BCUT2D eigenvalue weighted by Gasteiger charge is 2.34. The van der Waals surface area contributed by atoms with Crippen molar-refractivity contribution in [3.8, 4) is 5.75 Å². The lowest BCUT2D eigenvalue weighted by molar-refractivity contribution is 0.0920. The molecule has 2 aromatic rings. The molecule has 2 fully saturated rings. The van der Waals surface area contributed by atoms with Gasteiger partial charge in [0.05, 0.1) is 40.3 Å². The van der Waals surface area contributed by atoms with Gasteiger partial charge in [0.15, 0.2) is 0 Å². The molecule has 0 aliphatic carbocycles. The average molecular weight is 482 g/mol. The number of amides is 2. The molecule has 1 unspecified atom stereocenters. The van der Waals surface area contributed by atoms with Crippen LogP contribution in [0, 0.1) is 0 Å². The van der Waals surface area contributed by atoms with E-state index in [9.17, 15) is 9.59 Å².